The van der Waals surface area contributed by atoms with Gasteiger partial charge in [0.05, 0.1) is 21.8 Å². The average Bonchev–Trinajstić information content (AvgIpc) is 3.18. The second kappa shape index (κ2) is 7.03. The summed E-state index contributed by atoms with van der Waals surface area (Å²) < 4.78 is 1.19. The van der Waals surface area contributed by atoms with Gasteiger partial charge in [0, 0.05) is 24.3 Å². The van der Waals surface area contributed by atoms with Crippen LogP contribution in [-0.2, 0) is 17.8 Å². The van der Waals surface area contributed by atoms with Crippen molar-refractivity contribution in [3.63, 3.8) is 0 Å². The summed E-state index contributed by atoms with van der Waals surface area (Å²) in [6, 6.07) is 12.2. The lowest BCUT2D eigenvalue weighted by atomic mass is 10.2. The van der Waals surface area contributed by atoms with Crippen LogP contribution in [0.15, 0.2) is 41.8 Å². The van der Waals surface area contributed by atoms with Gasteiger partial charge < -0.3 is 4.90 Å². The number of rotatable bonds is 6. The van der Waals surface area contributed by atoms with Gasteiger partial charge in [0.1, 0.15) is 0 Å². The van der Waals surface area contributed by atoms with E-state index < -0.39 is 0 Å². The van der Waals surface area contributed by atoms with Crippen LogP contribution >= 0.6 is 22.7 Å². The highest BCUT2D eigenvalue weighted by atomic mass is 32.1. The standard InChI is InChI=1S/C17H18N2OS2/c1-2-19(12-13-6-5-11-21-13)17(20)10-9-16-18-14-7-3-4-8-15(14)22-16/h3-8,11H,2,9-10,12H2,1H3. The first kappa shape index (κ1) is 15.2. The lowest BCUT2D eigenvalue weighted by Gasteiger charge is -2.19. The summed E-state index contributed by atoms with van der Waals surface area (Å²) in [5, 5.41) is 3.09. The fourth-order valence-corrected chi connectivity index (χ4v) is 4.05. The van der Waals surface area contributed by atoms with Crippen LogP contribution in [0.25, 0.3) is 10.2 Å². The van der Waals surface area contributed by atoms with Gasteiger partial charge in [-0.3, -0.25) is 4.79 Å². The molecule has 0 aliphatic rings. The highest BCUT2D eigenvalue weighted by Crippen LogP contribution is 2.22. The zero-order valence-electron chi connectivity index (χ0n) is 12.5. The molecule has 22 heavy (non-hydrogen) atoms. The largest absolute Gasteiger partial charge is 0.338 e. The number of amides is 1. The molecule has 2 aromatic heterocycles. The molecular weight excluding hydrogens is 312 g/mol. The second-order valence-electron chi connectivity index (χ2n) is 5.06. The zero-order valence-corrected chi connectivity index (χ0v) is 14.1. The number of thiophene rings is 1. The van der Waals surface area contributed by atoms with Crippen LogP contribution in [0.2, 0.25) is 0 Å². The molecule has 0 radical (unpaired) electrons. The predicted molar refractivity (Wildman–Crippen MR) is 93.4 cm³/mol. The smallest absolute Gasteiger partial charge is 0.223 e. The minimum Gasteiger partial charge on any atom is -0.338 e. The fourth-order valence-electron chi connectivity index (χ4n) is 2.37. The predicted octanol–water partition coefficient (Wildman–Crippen LogP) is 4.34. The molecule has 0 fully saturated rings. The van der Waals surface area contributed by atoms with Gasteiger partial charge in [0.25, 0.3) is 0 Å². The maximum atomic E-state index is 12.4. The van der Waals surface area contributed by atoms with Crippen molar-refractivity contribution in [1.29, 1.82) is 0 Å². The van der Waals surface area contributed by atoms with Gasteiger partial charge in [-0.15, -0.1) is 22.7 Å². The number of carbonyl (C=O) groups excluding carboxylic acids is 1. The number of hydrogen-bond acceptors (Lipinski definition) is 4. The van der Waals surface area contributed by atoms with E-state index in [1.807, 2.05) is 36.1 Å². The third-order valence-corrected chi connectivity index (χ3v) is 5.51. The Morgan fingerprint density at radius 2 is 2.09 bits per heavy atom. The van der Waals surface area contributed by atoms with Gasteiger partial charge >= 0.3 is 0 Å². The van der Waals surface area contributed by atoms with E-state index in [4.69, 9.17) is 0 Å². The molecule has 3 aromatic rings. The Hall–Kier alpha value is -1.72. The number of para-hydroxylation sites is 1. The Bertz CT molecular complexity index is 716. The second-order valence-corrected chi connectivity index (χ2v) is 7.21. The monoisotopic (exact) mass is 330 g/mol. The molecule has 2 heterocycles. The van der Waals surface area contributed by atoms with Crippen molar-refractivity contribution >= 4 is 38.8 Å². The highest BCUT2D eigenvalue weighted by Gasteiger charge is 2.14. The quantitative estimate of drug-likeness (QED) is 0.673. The van der Waals surface area contributed by atoms with Crippen molar-refractivity contribution in [2.24, 2.45) is 0 Å². The van der Waals surface area contributed by atoms with Gasteiger partial charge in [-0.1, -0.05) is 18.2 Å². The molecule has 0 unspecified atom stereocenters. The Morgan fingerprint density at radius 3 is 2.82 bits per heavy atom. The molecule has 0 atom stereocenters. The van der Waals surface area contributed by atoms with Gasteiger partial charge in [-0.25, -0.2) is 4.98 Å². The molecular formula is C17H18N2OS2. The van der Waals surface area contributed by atoms with Crippen molar-refractivity contribution in [3.8, 4) is 0 Å². The van der Waals surface area contributed by atoms with Gasteiger partial charge in [0.15, 0.2) is 0 Å². The summed E-state index contributed by atoms with van der Waals surface area (Å²) in [7, 11) is 0. The normalized spacial score (nSPS) is 11.0. The summed E-state index contributed by atoms with van der Waals surface area (Å²) in [6.07, 6.45) is 1.25. The molecule has 3 nitrogen and oxygen atoms in total. The number of carbonyl (C=O) groups is 1. The Kier molecular flexibility index (Phi) is 4.85. The van der Waals surface area contributed by atoms with E-state index >= 15 is 0 Å². The van der Waals surface area contributed by atoms with E-state index in [0.717, 1.165) is 23.5 Å². The van der Waals surface area contributed by atoms with Gasteiger partial charge in [-0.05, 0) is 30.5 Å². The van der Waals surface area contributed by atoms with Crippen LogP contribution in [0, 0.1) is 0 Å². The van der Waals surface area contributed by atoms with E-state index in [1.54, 1.807) is 22.7 Å². The van der Waals surface area contributed by atoms with Crippen molar-refractivity contribution in [3.05, 3.63) is 51.7 Å². The SMILES string of the molecule is CCN(Cc1cccs1)C(=O)CCc1nc2ccccc2s1. The molecule has 3 rings (SSSR count). The van der Waals surface area contributed by atoms with Crippen LogP contribution in [0.3, 0.4) is 0 Å². The topological polar surface area (TPSA) is 33.2 Å². The van der Waals surface area contributed by atoms with Crippen molar-refractivity contribution in [2.75, 3.05) is 6.54 Å². The van der Waals surface area contributed by atoms with Crippen LogP contribution in [0.4, 0.5) is 0 Å². The molecule has 0 aliphatic carbocycles. The summed E-state index contributed by atoms with van der Waals surface area (Å²) in [6.45, 7) is 3.49. The highest BCUT2D eigenvalue weighted by molar-refractivity contribution is 7.18. The number of fused-ring (bicyclic) bond motifs is 1. The van der Waals surface area contributed by atoms with Crippen LogP contribution in [0.1, 0.15) is 23.2 Å². The first-order chi connectivity index (χ1) is 10.8. The summed E-state index contributed by atoms with van der Waals surface area (Å²) in [5.74, 6) is 0.204. The number of aromatic nitrogens is 1. The van der Waals surface area contributed by atoms with Crippen LogP contribution in [-0.4, -0.2) is 22.3 Å². The van der Waals surface area contributed by atoms with E-state index in [1.165, 1.54) is 9.58 Å². The molecule has 1 amide bonds. The first-order valence-electron chi connectivity index (χ1n) is 7.41. The molecule has 0 spiro atoms. The average molecular weight is 330 g/mol. The van der Waals surface area contributed by atoms with E-state index in [-0.39, 0.29) is 5.91 Å². The maximum absolute atomic E-state index is 12.4. The molecule has 0 aliphatic heterocycles. The van der Waals surface area contributed by atoms with E-state index in [0.29, 0.717) is 13.0 Å². The number of hydrogen-bond donors (Lipinski definition) is 0. The third-order valence-electron chi connectivity index (χ3n) is 3.55. The molecule has 114 valence electrons. The number of aryl methyl sites for hydroxylation is 1. The lowest BCUT2D eigenvalue weighted by Crippen LogP contribution is -2.30. The van der Waals surface area contributed by atoms with E-state index in [2.05, 4.69) is 22.5 Å². The first-order valence-corrected chi connectivity index (χ1v) is 9.10. The molecule has 1 aromatic carbocycles. The zero-order chi connectivity index (χ0) is 15.4. The molecule has 0 N–H and O–H groups in total. The van der Waals surface area contributed by atoms with Gasteiger partial charge in [0.2, 0.25) is 5.91 Å². The van der Waals surface area contributed by atoms with Crippen LogP contribution < -0.4 is 0 Å². The molecule has 0 saturated carbocycles. The number of benzene rings is 1. The summed E-state index contributed by atoms with van der Waals surface area (Å²) >= 11 is 3.38. The number of thiazole rings is 1. The Labute approximate surface area is 138 Å². The molecule has 0 saturated heterocycles. The Morgan fingerprint density at radius 1 is 1.23 bits per heavy atom. The van der Waals surface area contributed by atoms with Gasteiger partial charge in [-0.2, -0.15) is 0 Å². The van der Waals surface area contributed by atoms with Crippen LogP contribution in [0.5, 0.6) is 0 Å². The third kappa shape index (κ3) is 3.54. The minimum absolute atomic E-state index is 0.204. The fraction of sp³-hybridized carbons (Fsp3) is 0.294. The number of nitrogens with zero attached hydrogens (tertiary/aromatic N) is 2. The molecule has 5 heteroatoms. The summed E-state index contributed by atoms with van der Waals surface area (Å²) in [4.78, 5) is 20.1. The molecule has 0 bridgehead atoms. The maximum Gasteiger partial charge on any atom is 0.223 e. The van der Waals surface area contributed by atoms with E-state index in [9.17, 15) is 4.79 Å². The van der Waals surface area contributed by atoms with Crippen molar-refractivity contribution < 1.29 is 4.79 Å². The lowest BCUT2D eigenvalue weighted by molar-refractivity contribution is -0.131. The van der Waals surface area contributed by atoms with Crippen molar-refractivity contribution in [1.82, 2.24) is 9.88 Å². The van der Waals surface area contributed by atoms with Crippen molar-refractivity contribution in [2.45, 2.75) is 26.3 Å². The summed E-state index contributed by atoms with van der Waals surface area (Å²) in [5.41, 5.74) is 1.03. The Balaban J connectivity index is 1.60. The minimum atomic E-state index is 0.204.